The average Bonchev–Trinajstić information content (AvgIpc) is 2.69. The Morgan fingerprint density at radius 2 is 1.80 bits per heavy atom. The van der Waals surface area contributed by atoms with Crippen LogP contribution in [-0.4, -0.2) is 26.1 Å². The van der Waals surface area contributed by atoms with Crippen LogP contribution in [0.3, 0.4) is 0 Å². The van der Waals surface area contributed by atoms with E-state index in [0.29, 0.717) is 17.5 Å². The average molecular weight is 423 g/mol. The number of nitrogen functional groups attached to an aromatic ring is 1. The van der Waals surface area contributed by atoms with E-state index in [4.69, 9.17) is 5.73 Å². The molecule has 0 fully saturated rings. The second-order valence-electron chi connectivity index (χ2n) is 7.13. The molecule has 3 rings (SSSR count). The van der Waals surface area contributed by atoms with Gasteiger partial charge in [-0.1, -0.05) is 35.9 Å². The molecular formula is C22H26N6OS. The van der Waals surface area contributed by atoms with Gasteiger partial charge in [0.2, 0.25) is 17.8 Å². The molecule has 1 aromatic heterocycles. The van der Waals surface area contributed by atoms with Gasteiger partial charge in [0.05, 0.1) is 11.0 Å². The van der Waals surface area contributed by atoms with Crippen molar-refractivity contribution in [3.8, 4) is 0 Å². The van der Waals surface area contributed by atoms with E-state index in [1.165, 1.54) is 11.8 Å². The predicted octanol–water partition coefficient (Wildman–Crippen LogP) is 4.38. The molecule has 3 aromatic rings. The fourth-order valence-electron chi connectivity index (χ4n) is 2.86. The summed E-state index contributed by atoms with van der Waals surface area (Å²) in [5.41, 5.74) is 10.9. The molecule has 0 bridgehead atoms. The second-order valence-corrected chi connectivity index (χ2v) is 8.46. The molecule has 7 nitrogen and oxygen atoms in total. The van der Waals surface area contributed by atoms with Crippen molar-refractivity contribution in [3.05, 3.63) is 65.0 Å². The minimum Gasteiger partial charge on any atom is -0.368 e. The maximum absolute atomic E-state index is 12.6. The molecule has 2 aromatic carbocycles. The van der Waals surface area contributed by atoms with Crippen molar-refractivity contribution in [2.75, 3.05) is 16.4 Å². The van der Waals surface area contributed by atoms with E-state index in [0.717, 1.165) is 28.1 Å². The molecule has 0 aliphatic heterocycles. The highest BCUT2D eigenvalue weighted by atomic mass is 32.2. The number of aryl methyl sites for hydroxylation is 3. The molecule has 1 unspecified atom stereocenters. The number of nitrogens with one attached hydrogen (secondary N) is 2. The molecular weight excluding hydrogens is 396 g/mol. The first-order valence-electron chi connectivity index (χ1n) is 9.64. The number of nitrogens with two attached hydrogens (primary N) is 1. The van der Waals surface area contributed by atoms with Crippen molar-refractivity contribution < 1.29 is 4.79 Å². The van der Waals surface area contributed by atoms with Gasteiger partial charge in [0, 0.05) is 11.4 Å². The van der Waals surface area contributed by atoms with Crippen LogP contribution in [0, 0.1) is 20.8 Å². The van der Waals surface area contributed by atoms with E-state index in [1.807, 2.05) is 70.2 Å². The van der Waals surface area contributed by atoms with Crippen LogP contribution >= 0.6 is 11.8 Å². The van der Waals surface area contributed by atoms with Crippen LogP contribution in [0.5, 0.6) is 0 Å². The summed E-state index contributed by atoms with van der Waals surface area (Å²) < 4.78 is 0. The van der Waals surface area contributed by atoms with Gasteiger partial charge in [0.25, 0.3) is 0 Å². The lowest BCUT2D eigenvalue weighted by atomic mass is 10.1. The molecule has 0 aliphatic carbocycles. The van der Waals surface area contributed by atoms with Gasteiger partial charge >= 0.3 is 0 Å². The lowest BCUT2D eigenvalue weighted by Gasteiger charge is -2.14. The molecule has 156 valence electrons. The van der Waals surface area contributed by atoms with Crippen LogP contribution in [0.4, 0.5) is 23.3 Å². The summed E-state index contributed by atoms with van der Waals surface area (Å²) in [5, 5.41) is 5.88. The van der Waals surface area contributed by atoms with Crippen LogP contribution in [0.15, 0.2) is 42.5 Å². The number of hydrogen-bond acceptors (Lipinski definition) is 7. The van der Waals surface area contributed by atoms with Crippen molar-refractivity contribution in [1.82, 2.24) is 15.0 Å². The number of carbonyl (C=O) groups excluding carboxylic acids is 1. The molecule has 30 heavy (non-hydrogen) atoms. The van der Waals surface area contributed by atoms with Crippen LogP contribution in [0.25, 0.3) is 0 Å². The van der Waals surface area contributed by atoms with Gasteiger partial charge in [0.1, 0.15) is 5.82 Å². The van der Waals surface area contributed by atoms with Crippen LogP contribution < -0.4 is 16.4 Å². The standard InChI is InChI=1S/C22H26N6OS/c1-13-9-10-18(15(3)11-13)24-20(29)16(4)30-12-19-26-21(23)28-22(27-19)25-17-8-6-5-7-14(17)2/h5-11,16H,12H2,1-4H3,(H,24,29)(H3,23,25,26,27,28). The normalized spacial score (nSPS) is 11.7. The second kappa shape index (κ2) is 9.58. The zero-order chi connectivity index (χ0) is 21.7. The van der Waals surface area contributed by atoms with E-state index in [-0.39, 0.29) is 17.1 Å². The van der Waals surface area contributed by atoms with Crippen molar-refractivity contribution in [2.45, 2.75) is 38.7 Å². The van der Waals surface area contributed by atoms with E-state index >= 15 is 0 Å². The third-order valence-corrected chi connectivity index (χ3v) is 5.70. The first-order chi connectivity index (χ1) is 14.3. The Balaban J connectivity index is 1.62. The summed E-state index contributed by atoms with van der Waals surface area (Å²) in [6.07, 6.45) is 0. The largest absolute Gasteiger partial charge is 0.368 e. The highest BCUT2D eigenvalue weighted by molar-refractivity contribution is 7.99. The van der Waals surface area contributed by atoms with Crippen molar-refractivity contribution in [2.24, 2.45) is 0 Å². The number of rotatable bonds is 7. The zero-order valence-corrected chi connectivity index (χ0v) is 18.4. The molecule has 1 atom stereocenters. The molecule has 1 amide bonds. The van der Waals surface area contributed by atoms with Gasteiger partial charge in [-0.25, -0.2) is 0 Å². The summed E-state index contributed by atoms with van der Waals surface area (Å²) in [5.74, 6) is 1.43. The number of hydrogen-bond donors (Lipinski definition) is 3. The first-order valence-corrected chi connectivity index (χ1v) is 10.7. The van der Waals surface area contributed by atoms with Crippen LogP contribution in [0.2, 0.25) is 0 Å². The lowest BCUT2D eigenvalue weighted by molar-refractivity contribution is -0.115. The van der Waals surface area contributed by atoms with Gasteiger partial charge < -0.3 is 16.4 Å². The molecule has 0 saturated heterocycles. The Kier molecular flexibility index (Phi) is 6.89. The van der Waals surface area contributed by atoms with Gasteiger partial charge in [-0.2, -0.15) is 15.0 Å². The number of benzene rings is 2. The summed E-state index contributed by atoms with van der Waals surface area (Å²) in [6.45, 7) is 7.87. The Bertz CT molecular complexity index is 1060. The smallest absolute Gasteiger partial charge is 0.237 e. The lowest BCUT2D eigenvalue weighted by Crippen LogP contribution is -2.23. The number of para-hydroxylation sites is 1. The van der Waals surface area contributed by atoms with E-state index in [9.17, 15) is 4.79 Å². The fraction of sp³-hybridized carbons (Fsp3) is 0.273. The topological polar surface area (TPSA) is 106 Å². The highest BCUT2D eigenvalue weighted by Gasteiger charge is 2.16. The van der Waals surface area contributed by atoms with E-state index in [1.54, 1.807) is 0 Å². The van der Waals surface area contributed by atoms with Crippen LogP contribution in [-0.2, 0) is 10.5 Å². The van der Waals surface area contributed by atoms with Crippen molar-refractivity contribution in [1.29, 1.82) is 0 Å². The van der Waals surface area contributed by atoms with Crippen molar-refractivity contribution >= 4 is 40.9 Å². The number of thioether (sulfide) groups is 1. The maximum atomic E-state index is 12.6. The summed E-state index contributed by atoms with van der Waals surface area (Å²) >= 11 is 1.44. The Morgan fingerprint density at radius 3 is 2.53 bits per heavy atom. The Hall–Kier alpha value is -3.13. The third kappa shape index (κ3) is 5.70. The zero-order valence-electron chi connectivity index (χ0n) is 17.6. The minimum atomic E-state index is -0.281. The van der Waals surface area contributed by atoms with E-state index in [2.05, 4.69) is 25.6 Å². The van der Waals surface area contributed by atoms with Crippen molar-refractivity contribution in [3.63, 3.8) is 0 Å². The quantitative estimate of drug-likeness (QED) is 0.519. The molecule has 0 aliphatic rings. The van der Waals surface area contributed by atoms with Gasteiger partial charge in [-0.3, -0.25) is 4.79 Å². The van der Waals surface area contributed by atoms with Gasteiger partial charge in [-0.15, -0.1) is 11.8 Å². The van der Waals surface area contributed by atoms with Gasteiger partial charge in [-0.05, 0) is 51.0 Å². The summed E-state index contributed by atoms with van der Waals surface area (Å²) in [6, 6.07) is 13.8. The van der Waals surface area contributed by atoms with Gasteiger partial charge in [0.15, 0.2) is 0 Å². The fourth-order valence-corrected chi connectivity index (χ4v) is 3.59. The van der Waals surface area contributed by atoms with Crippen LogP contribution in [0.1, 0.15) is 29.4 Å². The molecule has 8 heteroatoms. The highest BCUT2D eigenvalue weighted by Crippen LogP contribution is 2.22. The Morgan fingerprint density at radius 1 is 1.03 bits per heavy atom. The Labute approximate surface area is 180 Å². The molecule has 4 N–H and O–H groups in total. The molecule has 0 saturated carbocycles. The molecule has 0 radical (unpaired) electrons. The molecule has 1 heterocycles. The number of aromatic nitrogens is 3. The monoisotopic (exact) mass is 422 g/mol. The molecule has 0 spiro atoms. The number of nitrogens with zero attached hydrogens (tertiary/aromatic N) is 3. The summed E-state index contributed by atoms with van der Waals surface area (Å²) in [7, 11) is 0. The van der Waals surface area contributed by atoms with E-state index < -0.39 is 0 Å². The number of carbonyl (C=O) groups is 1. The number of amides is 1. The third-order valence-electron chi connectivity index (χ3n) is 4.56. The predicted molar refractivity (Wildman–Crippen MR) is 124 cm³/mol. The maximum Gasteiger partial charge on any atom is 0.237 e. The summed E-state index contributed by atoms with van der Waals surface area (Å²) in [4.78, 5) is 25.4. The minimum absolute atomic E-state index is 0.0627. The SMILES string of the molecule is Cc1ccc(NC(=O)C(C)SCc2nc(N)nc(Nc3ccccc3C)n2)c(C)c1. The first kappa shape index (κ1) is 21.6. The number of anilines is 4.